The van der Waals surface area contributed by atoms with Crippen LogP contribution in [0.15, 0.2) is 109 Å². The number of benzene rings is 5. The molecule has 2 nitrogen and oxygen atoms in total. The summed E-state index contributed by atoms with van der Waals surface area (Å²) in [6.07, 6.45) is 10.2. The molecule has 5 rings (SSSR count). The molecule has 5 aromatic carbocycles. The lowest BCUT2D eigenvalue weighted by Gasteiger charge is -2.25. The van der Waals surface area contributed by atoms with Crippen molar-refractivity contribution in [3.63, 3.8) is 0 Å². The van der Waals surface area contributed by atoms with Crippen molar-refractivity contribution in [2.45, 2.75) is 97.8 Å². The first-order chi connectivity index (χ1) is 23.5. The summed E-state index contributed by atoms with van der Waals surface area (Å²) in [4.78, 5) is 2.41. The van der Waals surface area contributed by atoms with E-state index < -0.39 is 0 Å². The predicted molar refractivity (Wildman–Crippen MR) is 211 cm³/mol. The lowest BCUT2D eigenvalue weighted by Crippen LogP contribution is -2.21. The third-order valence-electron chi connectivity index (χ3n) is 10.4. The molecule has 0 spiro atoms. The average Bonchev–Trinajstić information content (AvgIpc) is 3.13. The van der Waals surface area contributed by atoms with Crippen LogP contribution in [0.3, 0.4) is 0 Å². The molecule has 48 heavy (non-hydrogen) atoms. The molecule has 2 heteroatoms. The fourth-order valence-corrected chi connectivity index (χ4v) is 7.14. The number of nitrogens with one attached hydrogen (secondary N) is 1. The van der Waals surface area contributed by atoms with Gasteiger partial charge < -0.3 is 10.2 Å². The third-order valence-corrected chi connectivity index (χ3v) is 10.4. The maximum atomic E-state index is 3.81. The molecule has 0 aliphatic heterocycles. The normalized spacial score (nSPS) is 12.6. The summed E-state index contributed by atoms with van der Waals surface area (Å²) >= 11 is 0. The number of nitrogens with zero attached hydrogens (tertiary/aromatic N) is 1. The SMILES string of the molecule is CCC(C)c1ccc(CCCCCCCCNc2ccc(C(c3ccc(C)cc3)c3ccc(N(CC)CC)cc3)c3ccccc23)cc1. The van der Waals surface area contributed by atoms with Gasteiger partial charge in [-0.15, -0.1) is 0 Å². The van der Waals surface area contributed by atoms with Crippen LogP contribution < -0.4 is 10.2 Å². The highest BCUT2D eigenvalue weighted by Crippen LogP contribution is 2.39. The van der Waals surface area contributed by atoms with Gasteiger partial charge in [0.25, 0.3) is 0 Å². The fraction of sp³-hybridized carbons (Fsp3) is 0.391. The molecule has 0 saturated heterocycles. The number of aryl methyl sites for hydroxylation is 2. The van der Waals surface area contributed by atoms with Crippen molar-refractivity contribution in [1.29, 1.82) is 0 Å². The summed E-state index contributed by atoms with van der Waals surface area (Å²) in [7, 11) is 0. The van der Waals surface area contributed by atoms with E-state index in [0.717, 1.165) is 19.6 Å². The van der Waals surface area contributed by atoms with Gasteiger partial charge in [-0.25, -0.2) is 0 Å². The van der Waals surface area contributed by atoms with Crippen LogP contribution in [0.2, 0.25) is 0 Å². The first-order valence-corrected chi connectivity index (χ1v) is 18.8. The molecule has 0 amide bonds. The molecule has 0 fully saturated rings. The molecule has 252 valence electrons. The Morgan fingerprint density at radius 3 is 1.81 bits per heavy atom. The third kappa shape index (κ3) is 9.10. The number of anilines is 2. The van der Waals surface area contributed by atoms with E-state index in [9.17, 15) is 0 Å². The Hall–Kier alpha value is -4.04. The van der Waals surface area contributed by atoms with E-state index in [2.05, 4.69) is 154 Å². The molecule has 0 radical (unpaired) electrons. The molecule has 0 aromatic heterocycles. The Bertz CT molecular complexity index is 1660. The van der Waals surface area contributed by atoms with Crippen LogP contribution >= 0.6 is 0 Å². The van der Waals surface area contributed by atoms with E-state index in [1.54, 1.807) is 0 Å². The minimum absolute atomic E-state index is 0.166. The topological polar surface area (TPSA) is 15.3 Å². The van der Waals surface area contributed by atoms with Gasteiger partial charge in [0.1, 0.15) is 0 Å². The van der Waals surface area contributed by atoms with E-state index in [1.165, 1.54) is 107 Å². The lowest BCUT2D eigenvalue weighted by molar-refractivity contribution is 0.601. The maximum absolute atomic E-state index is 3.81. The Balaban J connectivity index is 1.19. The van der Waals surface area contributed by atoms with Crippen LogP contribution in [-0.4, -0.2) is 19.6 Å². The number of rotatable bonds is 18. The van der Waals surface area contributed by atoms with Crippen molar-refractivity contribution in [1.82, 2.24) is 0 Å². The van der Waals surface area contributed by atoms with Gasteiger partial charge in [0, 0.05) is 42.3 Å². The number of hydrogen-bond acceptors (Lipinski definition) is 2. The summed E-state index contributed by atoms with van der Waals surface area (Å²) in [5.41, 5.74) is 10.8. The molecular formula is C46H58N2. The molecule has 0 heterocycles. The number of unbranched alkanes of at least 4 members (excludes halogenated alkanes) is 5. The molecular weight excluding hydrogens is 581 g/mol. The van der Waals surface area contributed by atoms with Crippen LogP contribution in [0.1, 0.15) is 118 Å². The molecule has 0 bridgehead atoms. The zero-order chi connectivity index (χ0) is 33.7. The van der Waals surface area contributed by atoms with Gasteiger partial charge >= 0.3 is 0 Å². The Morgan fingerprint density at radius 1 is 0.583 bits per heavy atom. The number of fused-ring (bicyclic) bond motifs is 1. The fourth-order valence-electron chi connectivity index (χ4n) is 7.14. The zero-order valence-electron chi connectivity index (χ0n) is 30.3. The molecule has 0 saturated carbocycles. The van der Waals surface area contributed by atoms with Crippen LogP contribution in [-0.2, 0) is 6.42 Å². The second-order valence-corrected chi connectivity index (χ2v) is 13.7. The largest absolute Gasteiger partial charge is 0.385 e. The Kier molecular flexibility index (Phi) is 13.2. The van der Waals surface area contributed by atoms with Crippen molar-refractivity contribution in [3.8, 4) is 0 Å². The summed E-state index contributed by atoms with van der Waals surface area (Å²) in [5.74, 6) is 0.828. The molecule has 2 unspecified atom stereocenters. The van der Waals surface area contributed by atoms with Gasteiger partial charge in [-0.2, -0.15) is 0 Å². The maximum Gasteiger partial charge on any atom is 0.0420 e. The van der Waals surface area contributed by atoms with Crippen molar-refractivity contribution in [2.75, 3.05) is 29.9 Å². The first-order valence-electron chi connectivity index (χ1n) is 18.8. The predicted octanol–water partition coefficient (Wildman–Crippen LogP) is 12.7. The Labute approximate surface area is 291 Å². The van der Waals surface area contributed by atoms with Gasteiger partial charge in [0.05, 0.1) is 0 Å². The highest BCUT2D eigenvalue weighted by atomic mass is 15.1. The van der Waals surface area contributed by atoms with Crippen LogP contribution in [0.4, 0.5) is 11.4 Å². The van der Waals surface area contributed by atoms with Crippen LogP contribution in [0, 0.1) is 6.92 Å². The highest BCUT2D eigenvalue weighted by molar-refractivity contribution is 5.97. The average molecular weight is 639 g/mol. The zero-order valence-corrected chi connectivity index (χ0v) is 30.3. The minimum Gasteiger partial charge on any atom is -0.385 e. The second kappa shape index (κ2) is 17.9. The second-order valence-electron chi connectivity index (χ2n) is 13.7. The van der Waals surface area contributed by atoms with E-state index >= 15 is 0 Å². The quantitative estimate of drug-likeness (QED) is 0.0759. The van der Waals surface area contributed by atoms with Crippen molar-refractivity contribution < 1.29 is 0 Å². The monoisotopic (exact) mass is 638 g/mol. The summed E-state index contributed by atoms with van der Waals surface area (Å²) in [5, 5.41) is 6.45. The van der Waals surface area contributed by atoms with E-state index in [1.807, 2.05) is 0 Å². The van der Waals surface area contributed by atoms with Gasteiger partial charge in [-0.3, -0.25) is 0 Å². The van der Waals surface area contributed by atoms with Gasteiger partial charge in [-0.05, 0) is 104 Å². The van der Waals surface area contributed by atoms with Crippen molar-refractivity contribution in [3.05, 3.63) is 143 Å². The first kappa shape index (κ1) is 35.3. The molecule has 2 atom stereocenters. The molecule has 1 N–H and O–H groups in total. The van der Waals surface area contributed by atoms with Crippen molar-refractivity contribution in [2.24, 2.45) is 0 Å². The van der Waals surface area contributed by atoms with Crippen molar-refractivity contribution >= 4 is 22.1 Å². The van der Waals surface area contributed by atoms with E-state index in [0.29, 0.717) is 5.92 Å². The standard InChI is InChI=1S/C46H58N2/c1-6-36(5)38-26-22-37(23-27-38)17-13-11-9-10-12-16-34-47-45-33-32-44(42-18-14-15-19-43(42)45)46(39-24-20-35(4)21-25-39)40-28-30-41(31-29-40)48(7-2)8-3/h14-15,18-33,36,46-47H,6-13,16-17,34H2,1-5H3. The molecule has 0 aliphatic carbocycles. The van der Waals surface area contributed by atoms with Gasteiger partial charge in [-0.1, -0.05) is 136 Å². The van der Waals surface area contributed by atoms with Crippen LogP contribution in [0.5, 0.6) is 0 Å². The summed E-state index contributed by atoms with van der Waals surface area (Å²) in [6.45, 7) is 14.3. The van der Waals surface area contributed by atoms with Gasteiger partial charge in [0.2, 0.25) is 0 Å². The lowest BCUT2D eigenvalue weighted by atomic mass is 9.82. The van der Waals surface area contributed by atoms with E-state index in [4.69, 9.17) is 0 Å². The highest BCUT2D eigenvalue weighted by Gasteiger charge is 2.20. The summed E-state index contributed by atoms with van der Waals surface area (Å²) < 4.78 is 0. The Morgan fingerprint density at radius 2 is 1.17 bits per heavy atom. The number of hydrogen-bond donors (Lipinski definition) is 1. The molecule has 0 aliphatic rings. The molecule has 5 aromatic rings. The van der Waals surface area contributed by atoms with E-state index in [-0.39, 0.29) is 5.92 Å². The summed E-state index contributed by atoms with van der Waals surface area (Å²) in [6, 6.07) is 41.4. The van der Waals surface area contributed by atoms with Gasteiger partial charge in [0.15, 0.2) is 0 Å². The smallest absolute Gasteiger partial charge is 0.0420 e. The minimum atomic E-state index is 0.166. The van der Waals surface area contributed by atoms with Crippen LogP contribution in [0.25, 0.3) is 10.8 Å².